The highest BCUT2D eigenvalue weighted by Crippen LogP contribution is 2.34. The van der Waals surface area contributed by atoms with E-state index in [1.807, 2.05) is 6.07 Å². The van der Waals surface area contributed by atoms with Crippen LogP contribution in [0.1, 0.15) is 18.9 Å². The van der Waals surface area contributed by atoms with E-state index in [4.69, 9.17) is 0 Å². The van der Waals surface area contributed by atoms with Gasteiger partial charge in [0, 0.05) is 24.1 Å². The molecule has 1 aliphatic rings. The highest BCUT2D eigenvalue weighted by Gasteiger charge is 2.25. The van der Waals surface area contributed by atoms with Crippen LogP contribution in [0.15, 0.2) is 47.9 Å². The van der Waals surface area contributed by atoms with E-state index in [0.29, 0.717) is 10.9 Å². The third-order valence-electron chi connectivity index (χ3n) is 5.11. The van der Waals surface area contributed by atoms with Gasteiger partial charge in [0.2, 0.25) is 5.16 Å². The molecule has 28 heavy (non-hydrogen) atoms. The zero-order valence-corrected chi connectivity index (χ0v) is 16.7. The molecule has 1 aromatic carbocycles. The first kappa shape index (κ1) is 18.9. The fourth-order valence-corrected chi connectivity index (χ4v) is 4.04. The lowest BCUT2D eigenvalue weighted by atomic mass is 10.0. The molecule has 0 radical (unpaired) electrons. The summed E-state index contributed by atoms with van der Waals surface area (Å²) in [4.78, 5) is 15.6. The Hall–Kier alpha value is -2.45. The molecule has 0 saturated carbocycles. The Morgan fingerprint density at radius 2 is 1.82 bits per heavy atom. The van der Waals surface area contributed by atoms with Crippen molar-refractivity contribution in [2.45, 2.75) is 24.0 Å². The first-order valence-electron chi connectivity index (χ1n) is 9.21. The van der Waals surface area contributed by atoms with Crippen molar-refractivity contribution in [1.82, 2.24) is 24.4 Å². The van der Waals surface area contributed by atoms with Gasteiger partial charge in [0.15, 0.2) is 0 Å². The van der Waals surface area contributed by atoms with Gasteiger partial charge in [0.25, 0.3) is 0 Å². The van der Waals surface area contributed by atoms with Crippen molar-refractivity contribution in [3.63, 3.8) is 0 Å². The van der Waals surface area contributed by atoms with Crippen LogP contribution >= 0.6 is 0 Å². The number of hydrogen-bond acceptors (Lipinski definition) is 5. The molecule has 146 valence electrons. The predicted molar refractivity (Wildman–Crippen MR) is 107 cm³/mol. The Morgan fingerprint density at radius 3 is 2.50 bits per heavy atom. The summed E-state index contributed by atoms with van der Waals surface area (Å²) in [5.41, 5.74) is 2.42. The van der Waals surface area contributed by atoms with E-state index in [-0.39, 0.29) is 11.9 Å². The summed E-state index contributed by atoms with van der Waals surface area (Å²) >= 11 is 0. The topological polar surface area (TPSA) is 63.9 Å². The molecule has 8 heteroatoms. The Bertz CT molecular complexity index is 996. The molecule has 0 N–H and O–H groups in total. The Balaban J connectivity index is 1.83. The van der Waals surface area contributed by atoms with E-state index >= 15 is 0 Å². The second-order valence-electron chi connectivity index (χ2n) is 7.06. The highest BCUT2D eigenvalue weighted by atomic mass is 32.2. The number of aromatic nitrogens is 4. The molecule has 0 bridgehead atoms. The monoisotopic (exact) mass is 399 g/mol. The van der Waals surface area contributed by atoms with Gasteiger partial charge in [-0.25, -0.2) is 19.3 Å². The van der Waals surface area contributed by atoms with Crippen LogP contribution < -0.4 is 0 Å². The van der Waals surface area contributed by atoms with E-state index in [9.17, 15) is 8.60 Å². The summed E-state index contributed by atoms with van der Waals surface area (Å²) in [5, 5.41) is 0.303. The van der Waals surface area contributed by atoms with Gasteiger partial charge < -0.3 is 9.47 Å². The zero-order chi connectivity index (χ0) is 19.7. The Labute approximate surface area is 165 Å². The summed E-state index contributed by atoms with van der Waals surface area (Å²) in [6, 6.07) is 8.48. The van der Waals surface area contributed by atoms with Gasteiger partial charge in [-0.1, -0.05) is 0 Å². The van der Waals surface area contributed by atoms with E-state index < -0.39 is 10.8 Å². The number of hydrogen-bond donors (Lipinski definition) is 0. The zero-order valence-electron chi connectivity index (χ0n) is 15.9. The number of nitrogens with zero attached hydrogens (tertiary/aromatic N) is 5. The van der Waals surface area contributed by atoms with Gasteiger partial charge >= 0.3 is 0 Å². The van der Waals surface area contributed by atoms with E-state index in [1.165, 1.54) is 12.1 Å². The highest BCUT2D eigenvalue weighted by molar-refractivity contribution is 7.84. The van der Waals surface area contributed by atoms with Crippen molar-refractivity contribution in [1.29, 1.82) is 0 Å². The van der Waals surface area contributed by atoms with Crippen molar-refractivity contribution in [2.75, 3.05) is 26.4 Å². The largest absolute Gasteiger partial charge is 0.320 e. The second kappa shape index (κ2) is 7.89. The van der Waals surface area contributed by atoms with Crippen LogP contribution in [-0.2, 0) is 10.8 Å². The number of rotatable bonds is 4. The molecule has 1 aliphatic heterocycles. The van der Waals surface area contributed by atoms with E-state index in [1.54, 1.807) is 30.8 Å². The maximum Gasteiger partial charge on any atom is 0.218 e. The van der Waals surface area contributed by atoms with Gasteiger partial charge in [-0.2, -0.15) is 0 Å². The average Bonchev–Trinajstić information content (AvgIpc) is 3.14. The van der Waals surface area contributed by atoms with E-state index in [2.05, 4.69) is 31.5 Å². The number of benzene rings is 1. The quantitative estimate of drug-likeness (QED) is 0.631. The lowest BCUT2D eigenvalue weighted by Gasteiger charge is -2.31. The fourth-order valence-electron chi connectivity index (χ4n) is 3.61. The molecule has 0 amide bonds. The van der Waals surface area contributed by atoms with Crippen LogP contribution in [0.25, 0.3) is 22.8 Å². The maximum atomic E-state index is 13.4. The number of likely N-dealkylation sites (tertiary alicyclic amines) is 1. The molecule has 0 aliphatic carbocycles. The smallest absolute Gasteiger partial charge is 0.218 e. The maximum absolute atomic E-state index is 13.4. The van der Waals surface area contributed by atoms with Crippen LogP contribution in [0.4, 0.5) is 4.39 Å². The van der Waals surface area contributed by atoms with Crippen LogP contribution in [0.2, 0.25) is 0 Å². The Morgan fingerprint density at radius 1 is 1.11 bits per heavy atom. The summed E-state index contributed by atoms with van der Waals surface area (Å²) in [5.74, 6) is 0.523. The van der Waals surface area contributed by atoms with Gasteiger partial charge in [0.1, 0.15) is 11.6 Å². The first-order valence-corrected chi connectivity index (χ1v) is 10.8. The molecular formula is C20H22FN5OS. The van der Waals surface area contributed by atoms with E-state index in [0.717, 1.165) is 43.0 Å². The average molecular weight is 399 g/mol. The van der Waals surface area contributed by atoms with Crippen LogP contribution in [0, 0.1) is 5.82 Å². The van der Waals surface area contributed by atoms with Crippen molar-refractivity contribution in [3.8, 4) is 22.8 Å². The Kier molecular flexibility index (Phi) is 5.32. The SMILES string of the molecule is CN1CCC(n2c(-c3ccnc(S(C)=O)n3)cnc2-c2ccc(F)cc2)CC1. The normalized spacial score (nSPS) is 17.0. The van der Waals surface area contributed by atoms with Gasteiger partial charge in [-0.3, -0.25) is 4.21 Å². The predicted octanol–water partition coefficient (Wildman–Crippen LogP) is 3.15. The minimum Gasteiger partial charge on any atom is -0.320 e. The number of imidazole rings is 1. The van der Waals surface area contributed by atoms with Gasteiger partial charge in [-0.05, 0) is 63.3 Å². The summed E-state index contributed by atoms with van der Waals surface area (Å²) in [6.07, 6.45) is 6.97. The molecular weight excluding hydrogens is 377 g/mol. The van der Waals surface area contributed by atoms with Gasteiger partial charge in [-0.15, -0.1) is 0 Å². The molecule has 0 spiro atoms. The second-order valence-corrected chi connectivity index (χ2v) is 8.33. The summed E-state index contributed by atoms with van der Waals surface area (Å²) < 4.78 is 27.4. The molecule has 1 saturated heterocycles. The minimum atomic E-state index is -1.26. The van der Waals surface area contributed by atoms with Crippen LogP contribution in [0.5, 0.6) is 0 Å². The fraction of sp³-hybridized carbons (Fsp3) is 0.350. The van der Waals surface area contributed by atoms with Gasteiger partial charge in [0.05, 0.1) is 28.4 Å². The van der Waals surface area contributed by atoms with Crippen molar-refractivity contribution < 1.29 is 8.60 Å². The standard InChI is InChI=1S/C20H22FN5OS/c1-25-11-8-16(9-12-25)26-18(17-7-10-22-20(24-17)28(2)27)13-23-19(26)14-3-5-15(21)6-4-14/h3-7,10,13,16H,8-9,11-12H2,1-2H3. The minimum absolute atomic E-state index is 0.263. The molecule has 4 rings (SSSR count). The molecule has 2 aromatic heterocycles. The van der Waals surface area contributed by atoms with Crippen LogP contribution in [0.3, 0.4) is 0 Å². The lowest BCUT2D eigenvalue weighted by Crippen LogP contribution is -2.32. The molecule has 6 nitrogen and oxygen atoms in total. The van der Waals surface area contributed by atoms with Crippen molar-refractivity contribution in [2.24, 2.45) is 0 Å². The molecule has 1 fully saturated rings. The molecule has 1 unspecified atom stereocenters. The summed E-state index contributed by atoms with van der Waals surface area (Å²) in [6.45, 7) is 2.00. The third-order valence-corrected chi connectivity index (χ3v) is 5.82. The molecule has 1 atom stereocenters. The van der Waals surface area contributed by atoms with Crippen molar-refractivity contribution >= 4 is 10.8 Å². The third kappa shape index (κ3) is 3.74. The number of piperidine rings is 1. The van der Waals surface area contributed by atoms with Crippen molar-refractivity contribution in [3.05, 3.63) is 48.5 Å². The summed E-state index contributed by atoms with van der Waals surface area (Å²) in [7, 11) is 0.863. The molecule has 3 heterocycles. The first-order chi connectivity index (χ1) is 13.5. The number of halogens is 1. The lowest BCUT2D eigenvalue weighted by molar-refractivity contribution is 0.223. The van der Waals surface area contributed by atoms with Crippen LogP contribution in [-0.4, -0.2) is 55.0 Å². The molecule has 3 aromatic rings.